The predicted octanol–water partition coefficient (Wildman–Crippen LogP) is 7.02. The average Bonchev–Trinajstić information content (AvgIpc) is 3.41. The standard InChI is InChI=1S/C24H17Cl2N3O2S2/c25-14-4-7-16(8-5-14)33-21-11-10-20(31-21)23-22(17-3-1-2-12-27-17)28-24(32)29(23)18-13-15(26)6-9-19(18)30/h1-13,22-23,30H,(H,28,32)/t22-,23+/m0/s1. The highest BCUT2D eigenvalue weighted by atomic mass is 35.5. The Morgan fingerprint density at radius 1 is 1.00 bits per heavy atom. The van der Waals surface area contributed by atoms with Crippen molar-refractivity contribution in [1.82, 2.24) is 10.3 Å². The van der Waals surface area contributed by atoms with Crippen molar-refractivity contribution in [2.24, 2.45) is 0 Å². The van der Waals surface area contributed by atoms with E-state index in [1.807, 2.05) is 59.5 Å². The summed E-state index contributed by atoms with van der Waals surface area (Å²) in [6.45, 7) is 0. The maximum absolute atomic E-state index is 10.6. The molecule has 1 aliphatic rings. The minimum absolute atomic E-state index is 0.0672. The van der Waals surface area contributed by atoms with Gasteiger partial charge in [0.25, 0.3) is 0 Å². The van der Waals surface area contributed by atoms with E-state index in [0.29, 0.717) is 26.6 Å². The average molecular weight is 514 g/mol. The third-order valence-corrected chi connectivity index (χ3v) is 6.95. The van der Waals surface area contributed by atoms with Crippen molar-refractivity contribution in [3.63, 3.8) is 0 Å². The van der Waals surface area contributed by atoms with E-state index in [1.165, 1.54) is 11.8 Å². The zero-order chi connectivity index (χ0) is 22.9. The molecule has 9 heteroatoms. The lowest BCUT2D eigenvalue weighted by Gasteiger charge is -2.26. The number of rotatable bonds is 5. The zero-order valence-corrected chi connectivity index (χ0v) is 20.1. The van der Waals surface area contributed by atoms with Crippen molar-refractivity contribution in [1.29, 1.82) is 0 Å². The van der Waals surface area contributed by atoms with Crippen LogP contribution in [0.5, 0.6) is 5.75 Å². The van der Waals surface area contributed by atoms with Gasteiger partial charge in [-0.3, -0.25) is 4.98 Å². The fourth-order valence-corrected chi connectivity index (χ4v) is 5.17. The largest absolute Gasteiger partial charge is 0.506 e. The lowest BCUT2D eigenvalue weighted by atomic mass is 10.0. The first-order chi connectivity index (χ1) is 16.0. The first-order valence-corrected chi connectivity index (χ1v) is 12.0. The van der Waals surface area contributed by atoms with Crippen LogP contribution < -0.4 is 10.2 Å². The van der Waals surface area contributed by atoms with Gasteiger partial charge in [-0.15, -0.1) is 0 Å². The minimum Gasteiger partial charge on any atom is -0.506 e. The maximum atomic E-state index is 10.6. The molecule has 2 aromatic heterocycles. The van der Waals surface area contributed by atoms with Crippen LogP contribution in [0.1, 0.15) is 23.5 Å². The fraction of sp³-hybridized carbons (Fsp3) is 0.0833. The number of thiocarbonyl (C=S) groups is 1. The Morgan fingerprint density at radius 2 is 1.79 bits per heavy atom. The summed E-state index contributed by atoms with van der Waals surface area (Å²) in [4.78, 5) is 7.36. The Morgan fingerprint density at radius 3 is 2.55 bits per heavy atom. The van der Waals surface area contributed by atoms with E-state index >= 15 is 0 Å². The minimum atomic E-state index is -0.392. The van der Waals surface area contributed by atoms with Gasteiger partial charge in [0.1, 0.15) is 17.6 Å². The Hall–Kier alpha value is -2.71. The molecule has 0 saturated carbocycles. The van der Waals surface area contributed by atoms with Crippen molar-refractivity contribution >= 4 is 58.0 Å². The third kappa shape index (κ3) is 4.54. The molecule has 166 valence electrons. The summed E-state index contributed by atoms with van der Waals surface area (Å²) in [5, 5.41) is 16.3. The molecule has 0 unspecified atom stereocenters. The second-order valence-corrected chi connectivity index (χ2v) is 9.68. The van der Waals surface area contributed by atoms with Crippen LogP contribution in [0.15, 0.2) is 93.4 Å². The number of pyridine rings is 1. The topological polar surface area (TPSA) is 61.5 Å². The molecule has 4 aromatic rings. The van der Waals surface area contributed by atoms with Crippen molar-refractivity contribution < 1.29 is 9.52 Å². The zero-order valence-electron chi connectivity index (χ0n) is 17.0. The van der Waals surface area contributed by atoms with Crippen LogP contribution >= 0.6 is 47.2 Å². The second-order valence-electron chi connectivity index (χ2n) is 7.34. The molecule has 0 amide bonds. The Kier molecular flexibility index (Phi) is 6.21. The molecule has 2 atom stereocenters. The molecule has 2 N–H and O–H groups in total. The van der Waals surface area contributed by atoms with Gasteiger partial charge in [-0.2, -0.15) is 0 Å². The van der Waals surface area contributed by atoms with E-state index in [2.05, 4.69) is 10.3 Å². The number of benzene rings is 2. The molecule has 0 radical (unpaired) electrons. The number of aromatic nitrogens is 1. The van der Waals surface area contributed by atoms with Crippen LogP contribution in [-0.2, 0) is 0 Å². The molecular formula is C24H17Cl2N3O2S2. The number of phenolic OH excluding ortho intramolecular Hbond substituents is 1. The lowest BCUT2D eigenvalue weighted by Crippen LogP contribution is -2.29. The highest BCUT2D eigenvalue weighted by Crippen LogP contribution is 2.46. The molecule has 2 aromatic carbocycles. The molecule has 0 aliphatic carbocycles. The van der Waals surface area contributed by atoms with Gasteiger partial charge in [-0.1, -0.05) is 41.0 Å². The normalized spacial score (nSPS) is 17.9. The van der Waals surface area contributed by atoms with Gasteiger partial charge in [0.2, 0.25) is 0 Å². The molecule has 1 saturated heterocycles. The number of halogens is 2. The Balaban J connectivity index is 1.55. The van der Waals surface area contributed by atoms with Crippen molar-refractivity contribution in [2.45, 2.75) is 22.1 Å². The molecule has 33 heavy (non-hydrogen) atoms. The van der Waals surface area contributed by atoms with Gasteiger partial charge in [0.05, 0.1) is 17.4 Å². The number of hydrogen-bond donors (Lipinski definition) is 2. The summed E-state index contributed by atoms with van der Waals surface area (Å²) >= 11 is 19.4. The highest BCUT2D eigenvalue weighted by molar-refractivity contribution is 7.99. The van der Waals surface area contributed by atoms with Gasteiger partial charge in [0, 0.05) is 21.1 Å². The number of phenols is 1. The van der Waals surface area contributed by atoms with E-state index in [0.717, 1.165) is 15.7 Å². The molecule has 5 rings (SSSR count). The monoisotopic (exact) mass is 513 g/mol. The van der Waals surface area contributed by atoms with Gasteiger partial charge >= 0.3 is 0 Å². The quantitative estimate of drug-likeness (QED) is 0.278. The highest BCUT2D eigenvalue weighted by Gasteiger charge is 2.43. The number of furan rings is 1. The second kappa shape index (κ2) is 9.27. The molecule has 5 nitrogen and oxygen atoms in total. The van der Waals surface area contributed by atoms with E-state index in [4.69, 9.17) is 39.8 Å². The van der Waals surface area contributed by atoms with Crippen molar-refractivity contribution in [2.75, 3.05) is 4.90 Å². The summed E-state index contributed by atoms with van der Waals surface area (Å²) in [7, 11) is 0. The Labute approximate surface area is 210 Å². The number of aromatic hydroxyl groups is 1. The van der Waals surface area contributed by atoms with Crippen molar-refractivity contribution in [3.8, 4) is 5.75 Å². The molecule has 1 aliphatic heterocycles. The molecule has 0 spiro atoms. The molecule has 3 heterocycles. The van der Waals surface area contributed by atoms with Gasteiger partial charge in [-0.05, 0) is 78.9 Å². The summed E-state index contributed by atoms with van der Waals surface area (Å²) < 4.78 is 6.27. The summed E-state index contributed by atoms with van der Waals surface area (Å²) in [6.07, 6.45) is 1.74. The van der Waals surface area contributed by atoms with E-state index in [9.17, 15) is 5.11 Å². The molecule has 0 bridgehead atoms. The van der Waals surface area contributed by atoms with Crippen molar-refractivity contribution in [3.05, 3.63) is 100 Å². The lowest BCUT2D eigenvalue weighted by molar-refractivity contribution is 0.382. The third-order valence-electron chi connectivity index (χ3n) is 5.22. The number of hydrogen-bond acceptors (Lipinski definition) is 5. The smallest absolute Gasteiger partial charge is 0.174 e. The first-order valence-electron chi connectivity index (χ1n) is 10.0. The number of nitrogens with zero attached hydrogens (tertiary/aromatic N) is 2. The SMILES string of the molecule is Oc1ccc(Cl)cc1N1C(=S)N[C@@H](c2ccccn2)[C@H]1c1ccc(Sc2ccc(Cl)cc2)o1. The van der Waals surface area contributed by atoms with Crippen LogP contribution in [0, 0.1) is 0 Å². The molecular weight excluding hydrogens is 497 g/mol. The van der Waals surface area contributed by atoms with Gasteiger partial charge in [0.15, 0.2) is 10.2 Å². The first kappa shape index (κ1) is 22.1. The predicted molar refractivity (Wildman–Crippen MR) is 135 cm³/mol. The van der Waals surface area contributed by atoms with Crippen LogP contribution in [-0.4, -0.2) is 15.2 Å². The fourth-order valence-electron chi connectivity index (χ4n) is 3.76. The van der Waals surface area contributed by atoms with Gasteiger partial charge < -0.3 is 19.7 Å². The number of nitrogens with one attached hydrogen (secondary N) is 1. The summed E-state index contributed by atoms with van der Waals surface area (Å²) in [5.74, 6) is 0.742. The van der Waals surface area contributed by atoms with E-state index < -0.39 is 6.04 Å². The van der Waals surface area contributed by atoms with Crippen LogP contribution in [0.4, 0.5) is 5.69 Å². The summed E-state index contributed by atoms with van der Waals surface area (Å²) in [6, 6.07) is 21.3. The molecule has 1 fully saturated rings. The Bertz CT molecular complexity index is 1300. The number of anilines is 1. The van der Waals surface area contributed by atoms with E-state index in [-0.39, 0.29) is 11.8 Å². The van der Waals surface area contributed by atoms with Crippen LogP contribution in [0.3, 0.4) is 0 Å². The van der Waals surface area contributed by atoms with Crippen LogP contribution in [0.25, 0.3) is 0 Å². The van der Waals surface area contributed by atoms with Gasteiger partial charge in [-0.25, -0.2) is 0 Å². The van der Waals surface area contributed by atoms with E-state index in [1.54, 1.807) is 24.4 Å². The van der Waals surface area contributed by atoms with Crippen LogP contribution in [0.2, 0.25) is 10.0 Å². The maximum Gasteiger partial charge on any atom is 0.174 e. The summed E-state index contributed by atoms with van der Waals surface area (Å²) in [5.41, 5.74) is 1.30.